The lowest BCUT2D eigenvalue weighted by atomic mass is 10.1. The zero-order valence-electron chi connectivity index (χ0n) is 16.5. The molecule has 0 saturated carbocycles. The lowest BCUT2D eigenvalue weighted by molar-refractivity contribution is -0.123. The normalized spacial score (nSPS) is 10.6. The van der Waals surface area contributed by atoms with Crippen molar-refractivity contribution in [3.8, 4) is 11.5 Å². The monoisotopic (exact) mass is 414 g/mol. The Morgan fingerprint density at radius 3 is 2.72 bits per heavy atom. The van der Waals surface area contributed by atoms with E-state index in [1.165, 1.54) is 24.4 Å². The Morgan fingerprint density at radius 1 is 1.24 bits per heavy atom. The Bertz CT molecular complexity index is 961. The maximum absolute atomic E-state index is 12.1. The predicted octanol–water partition coefficient (Wildman–Crippen LogP) is 1.91. The number of methoxy groups -OCH3 is 1. The summed E-state index contributed by atoms with van der Waals surface area (Å²) in [5, 5.41) is 14.8. The number of aryl methyl sites for hydroxylation is 2. The van der Waals surface area contributed by atoms with Gasteiger partial charge in [-0.3, -0.25) is 9.78 Å². The van der Waals surface area contributed by atoms with Gasteiger partial charge in [-0.05, 0) is 22.9 Å². The standard InChI is InChI=1S/C19H22N6O3S/c1-13-4-6-14(7-5-13)9-21-18(26)11-28-16-8-15(20-10-17(16)27-3)12-29-19-22-23-24-25(19)2/h4-8,10H,9,11-12H2,1-3H3,(H,21,26). The highest BCUT2D eigenvalue weighted by atomic mass is 32.2. The van der Waals surface area contributed by atoms with Crippen molar-refractivity contribution >= 4 is 17.7 Å². The second kappa shape index (κ2) is 9.87. The minimum absolute atomic E-state index is 0.119. The molecular formula is C19H22N6O3S. The first-order valence-corrected chi connectivity index (χ1v) is 9.87. The van der Waals surface area contributed by atoms with E-state index in [4.69, 9.17) is 9.47 Å². The Morgan fingerprint density at radius 2 is 2.03 bits per heavy atom. The van der Waals surface area contributed by atoms with Crippen molar-refractivity contribution in [3.05, 3.63) is 53.3 Å². The van der Waals surface area contributed by atoms with Gasteiger partial charge < -0.3 is 14.8 Å². The van der Waals surface area contributed by atoms with Crippen LogP contribution in [0.15, 0.2) is 41.7 Å². The molecule has 2 heterocycles. The van der Waals surface area contributed by atoms with Gasteiger partial charge in [-0.25, -0.2) is 4.68 Å². The molecule has 29 heavy (non-hydrogen) atoms. The molecule has 3 aromatic rings. The third-order valence-corrected chi connectivity index (χ3v) is 5.05. The zero-order chi connectivity index (χ0) is 20.6. The average Bonchev–Trinajstić information content (AvgIpc) is 3.15. The van der Waals surface area contributed by atoms with E-state index in [9.17, 15) is 4.79 Å². The van der Waals surface area contributed by atoms with Crippen LogP contribution < -0.4 is 14.8 Å². The van der Waals surface area contributed by atoms with Gasteiger partial charge in [0.25, 0.3) is 5.91 Å². The fourth-order valence-electron chi connectivity index (χ4n) is 2.39. The number of ether oxygens (including phenoxy) is 2. The summed E-state index contributed by atoms with van der Waals surface area (Å²) in [5.74, 6) is 1.25. The molecule has 152 valence electrons. The lowest BCUT2D eigenvalue weighted by Gasteiger charge is -2.12. The maximum Gasteiger partial charge on any atom is 0.258 e. The molecule has 0 fully saturated rings. The molecule has 1 N–H and O–H groups in total. The molecule has 0 radical (unpaired) electrons. The fourth-order valence-corrected chi connectivity index (χ4v) is 3.15. The SMILES string of the molecule is COc1cnc(CSc2nnnn2C)cc1OCC(=O)NCc1ccc(C)cc1. The highest BCUT2D eigenvalue weighted by Crippen LogP contribution is 2.28. The van der Waals surface area contributed by atoms with Gasteiger partial charge in [-0.1, -0.05) is 41.6 Å². The number of rotatable bonds is 9. The van der Waals surface area contributed by atoms with Gasteiger partial charge in [0.2, 0.25) is 5.16 Å². The van der Waals surface area contributed by atoms with Crippen LogP contribution in [0.4, 0.5) is 0 Å². The van der Waals surface area contributed by atoms with Gasteiger partial charge in [0, 0.05) is 25.4 Å². The number of pyridine rings is 1. The molecule has 0 saturated heterocycles. The summed E-state index contributed by atoms with van der Waals surface area (Å²) in [6.45, 7) is 2.35. The molecule has 0 aliphatic rings. The third-order valence-electron chi connectivity index (χ3n) is 4.01. The predicted molar refractivity (Wildman–Crippen MR) is 108 cm³/mol. The van der Waals surface area contributed by atoms with Crippen molar-refractivity contribution < 1.29 is 14.3 Å². The first kappa shape index (κ1) is 20.6. The van der Waals surface area contributed by atoms with E-state index >= 15 is 0 Å². The molecule has 0 aliphatic heterocycles. The number of carbonyl (C=O) groups is 1. The van der Waals surface area contributed by atoms with Gasteiger partial charge in [-0.15, -0.1) is 5.10 Å². The fraction of sp³-hybridized carbons (Fsp3) is 0.316. The highest BCUT2D eigenvalue weighted by molar-refractivity contribution is 7.98. The number of nitrogens with zero attached hydrogens (tertiary/aromatic N) is 5. The minimum atomic E-state index is -0.217. The number of amides is 1. The van der Waals surface area contributed by atoms with Crippen LogP contribution in [0.25, 0.3) is 0 Å². The molecule has 0 aliphatic carbocycles. The topological polar surface area (TPSA) is 104 Å². The first-order valence-electron chi connectivity index (χ1n) is 8.88. The molecule has 0 atom stereocenters. The number of hydrogen-bond donors (Lipinski definition) is 1. The smallest absolute Gasteiger partial charge is 0.258 e. The third kappa shape index (κ3) is 5.92. The molecule has 0 spiro atoms. The largest absolute Gasteiger partial charge is 0.491 e. The van der Waals surface area contributed by atoms with Gasteiger partial charge >= 0.3 is 0 Å². The van der Waals surface area contributed by atoms with Gasteiger partial charge in [0.15, 0.2) is 18.1 Å². The number of benzene rings is 1. The van der Waals surface area contributed by atoms with Crippen LogP contribution in [0.1, 0.15) is 16.8 Å². The quantitative estimate of drug-likeness (QED) is 0.530. The summed E-state index contributed by atoms with van der Waals surface area (Å²) >= 11 is 1.45. The van der Waals surface area contributed by atoms with E-state index in [0.717, 1.165) is 11.3 Å². The Labute approximate surface area is 172 Å². The van der Waals surface area contributed by atoms with Crippen LogP contribution in [0.5, 0.6) is 11.5 Å². The van der Waals surface area contributed by atoms with Crippen LogP contribution >= 0.6 is 11.8 Å². The number of carbonyl (C=O) groups excluding carboxylic acids is 1. The molecule has 3 rings (SSSR count). The Kier molecular flexibility index (Phi) is 7.01. The summed E-state index contributed by atoms with van der Waals surface area (Å²) < 4.78 is 12.5. The second-order valence-electron chi connectivity index (χ2n) is 6.25. The van der Waals surface area contributed by atoms with Gasteiger partial charge in [0.05, 0.1) is 19.0 Å². The molecule has 9 nitrogen and oxygen atoms in total. The van der Waals surface area contributed by atoms with E-state index in [2.05, 4.69) is 25.8 Å². The van der Waals surface area contributed by atoms with Crippen LogP contribution in [-0.2, 0) is 24.1 Å². The van der Waals surface area contributed by atoms with Crippen molar-refractivity contribution in [2.24, 2.45) is 7.05 Å². The first-order chi connectivity index (χ1) is 14.0. The van der Waals surface area contributed by atoms with Crippen molar-refractivity contribution in [1.82, 2.24) is 30.5 Å². The summed E-state index contributed by atoms with van der Waals surface area (Å²) in [6, 6.07) is 9.74. The number of nitrogens with one attached hydrogen (secondary N) is 1. The Balaban J connectivity index is 1.54. The van der Waals surface area contributed by atoms with E-state index in [0.29, 0.717) is 29.0 Å². The van der Waals surface area contributed by atoms with Crippen molar-refractivity contribution in [1.29, 1.82) is 0 Å². The summed E-state index contributed by atoms with van der Waals surface area (Å²) in [5.41, 5.74) is 2.97. The number of tetrazole rings is 1. The van der Waals surface area contributed by atoms with Crippen LogP contribution in [0.2, 0.25) is 0 Å². The van der Waals surface area contributed by atoms with Gasteiger partial charge in [-0.2, -0.15) is 0 Å². The molecule has 1 aromatic carbocycles. The van der Waals surface area contributed by atoms with E-state index < -0.39 is 0 Å². The molecule has 1 amide bonds. The summed E-state index contributed by atoms with van der Waals surface area (Å²) in [4.78, 5) is 16.5. The molecule has 0 bridgehead atoms. The molecule has 2 aromatic heterocycles. The van der Waals surface area contributed by atoms with Crippen LogP contribution in [0.3, 0.4) is 0 Å². The maximum atomic E-state index is 12.1. The van der Waals surface area contributed by atoms with Crippen molar-refractivity contribution in [2.75, 3.05) is 13.7 Å². The molecule has 0 unspecified atom stereocenters. The second-order valence-corrected chi connectivity index (χ2v) is 7.19. The molecule has 10 heteroatoms. The number of thioether (sulfide) groups is 1. The number of aromatic nitrogens is 5. The minimum Gasteiger partial charge on any atom is -0.491 e. The van der Waals surface area contributed by atoms with Crippen LogP contribution in [0, 0.1) is 6.92 Å². The summed E-state index contributed by atoms with van der Waals surface area (Å²) in [7, 11) is 3.30. The van der Waals surface area contributed by atoms with Crippen molar-refractivity contribution in [3.63, 3.8) is 0 Å². The molecular weight excluding hydrogens is 392 g/mol. The van der Waals surface area contributed by atoms with E-state index in [1.807, 2.05) is 31.2 Å². The lowest BCUT2D eigenvalue weighted by Crippen LogP contribution is -2.28. The Hall–Kier alpha value is -3.14. The zero-order valence-corrected chi connectivity index (χ0v) is 17.3. The summed E-state index contributed by atoms with van der Waals surface area (Å²) in [6.07, 6.45) is 1.57. The van der Waals surface area contributed by atoms with E-state index in [-0.39, 0.29) is 12.5 Å². The van der Waals surface area contributed by atoms with Gasteiger partial charge in [0.1, 0.15) is 0 Å². The highest BCUT2D eigenvalue weighted by Gasteiger charge is 2.11. The van der Waals surface area contributed by atoms with Crippen molar-refractivity contribution in [2.45, 2.75) is 24.4 Å². The number of hydrogen-bond acceptors (Lipinski definition) is 8. The average molecular weight is 414 g/mol. The van der Waals surface area contributed by atoms with E-state index in [1.54, 1.807) is 24.0 Å². The van der Waals surface area contributed by atoms with Crippen LogP contribution in [-0.4, -0.2) is 44.8 Å².